The number of carboxylic acid groups (broad SMARTS) is 1. The fraction of sp³-hybridized carbons (Fsp3) is 0.800. The summed E-state index contributed by atoms with van der Waals surface area (Å²) < 4.78 is 0. The van der Waals surface area contributed by atoms with Gasteiger partial charge < -0.3 is 10.4 Å². The van der Waals surface area contributed by atoms with Gasteiger partial charge in [0.05, 0.1) is 0 Å². The second-order valence-corrected chi connectivity index (χ2v) is 4.56. The number of rotatable bonds is 2. The van der Waals surface area contributed by atoms with Crippen LogP contribution in [0.5, 0.6) is 0 Å². The van der Waals surface area contributed by atoms with E-state index in [2.05, 4.69) is 5.32 Å². The van der Waals surface area contributed by atoms with E-state index < -0.39 is 11.5 Å². The molecule has 2 aliphatic carbocycles. The van der Waals surface area contributed by atoms with Crippen molar-refractivity contribution in [3.63, 3.8) is 0 Å². The molecule has 1 atom stereocenters. The molecule has 1 spiro atoms. The van der Waals surface area contributed by atoms with Crippen molar-refractivity contribution in [2.24, 2.45) is 5.41 Å². The van der Waals surface area contributed by atoms with Crippen molar-refractivity contribution in [2.45, 2.75) is 44.6 Å². The molecule has 0 heterocycles. The molecule has 1 amide bonds. The monoisotopic (exact) mass is 197 g/mol. The van der Waals surface area contributed by atoms with Crippen LogP contribution in [-0.2, 0) is 9.59 Å². The summed E-state index contributed by atoms with van der Waals surface area (Å²) in [5.41, 5.74) is -1.06. The van der Waals surface area contributed by atoms with Crippen LogP contribution in [0.4, 0.5) is 0 Å². The minimum atomic E-state index is -0.935. The molecule has 14 heavy (non-hydrogen) atoms. The Morgan fingerprint density at radius 1 is 1.29 bits per heavy atom. The number of carboxylic acids is 1. The minimum Gasteiger partial charge on any atom is -0.479 e. The molecule has 0 aliphatic heterocycles. The number of hydrogen-bond acceptors (Lipinski definition) is 2. The molecule has 0 unspecified atom stereocenters. The zero-order valence-electron chi connectivity index (χ0n) is 8.30. The average Bonchev–Trinajstić information content (AvgIpc) is 2.49. The van der Waals surface area contributed by atoms with Crippen LogP contribution in [0.3, 0.4) is 0 Å². The second kappa shape index (κ2) is 2.72. The molecule has 0 bridgehead atoms. The third kappa shape index (κ3) is 1.06. The number of hydrogen-bond donors (Lipinski definition) is 2. The van der Waals surface area contributed by atoms with Crippen LogP contribution in [-0.4, -0.2) is 22.5 Å². The Labute approximate surface area is 82.7 Å². The molecule has 2 N–H and O–H groups in total. The van der Waals surface area contributed by atoms with E-state index in [1.165, 1.54) is 6.92 Å². The van der Waals surface area contributed by atoms with Crippen molar-refractivity contribution in [1.82, 2.24) is 5.32 Å². The second-order valence-electron chi connectivity index (χ2n) is 4.56. The summed E-state index contributed by atoms with van der Waals surface area (Å²) in [6.45, 7) is 1.38. The van der Waals surface area contributed by atoms with Gasteiger partial charge in [-0.2, -0.15) is 0 Å². The first-order valence-electron chi connectivity index (χ1n) is 5.05. The molecular weight excluding hydrogens is 182 g/mol. The molecule has 0 aromatic carbocycles. The van der Waals surface area contributed by atoms with Crippen molar-refractivity contribution in [1.29, 1.82) is 0 Å². The van der Waals surface area contributed by atoms with Crippen molar-refractivity contribution < 1.29 is 14.7 Å². The summed E-state index contributed by atoms with van der Waals surface area (Å²) in [7, 11) is 0. The molecule has 2 fully saturated rings. The lowest BCUT2D eigenvalue weighted by atomic mass is 9.97. The van der Waals surface area contributed by atoms with E-state index in [0.717, 1.165) is 25.7 Å². The average molecular weight is 197 g/mol. The van der Waals surface area contributed by atoms with Gasteiger partial charge in [0.1, 0.15) is 5.54 Å². The summed E-state index contributed by atoms with van der Waals surface area (Å²) in [4.78, 5) is 22.1. The first-order valence-corrected chi connectivity index (χ1v) is 5.05. The molecule has 4 heteroatoms. The zero-order valence-corrected chi connectivity index (χ0v) is 8.30. The van der Waals surface area contributed by atoms with E-state index in [9.17, 15) is 9.59 Å². The van der Waals surface area contributed by atoms with Crippen LogP contribution in [0.25, 0.3) is 0 Å². The van der Waals surface area contributed by atoms with Gasteiger partial charge >= 0.3 is 5.97 Å². The number of carbonyl (C=O) groups is 2. The maximum Gasteiger partial charge on any atom is 0.330 e. The predicted molar refractivity (Wildman–Crippen MR) is 49.7 cm³/mol. The molecule has 2 saturated carbocycles. The van der Waals surface area contributed by atoms with Crippen molar-refractivity contribution in [2.75, 3.05) is 0 Å². The van der Waals surface area contributed by atoms with E-state index in [0.29, 0.717) is 6.42 Å². The Kier molecular flexibility index (Phi) is 1.84. The fourth-order valence-electron chi connectivity index (χ4n) is 2.95. The van der Waals surface area contributed by atoms with Crippen LogP contribution in [0.1, 0.15) is 39.0 Å². The topological polar surface area (TPSA) is 66.4 Å². The molecule has 2 rings (SSSR count). The lowest BCUT2D eigenvalue weighted by molar-refractivity contribution is -0.144. The molecule has 0 aromatic heterocycles. The van der Waals surface area contributed by atoms with E-state index in [4.69, 9.17) is 5.11 Å². The van der Waals surface area contributed by atoms with Crippen LogP contribution >= 0.6 is 0 Å². The first kappa shape index (κ1) is 9.49. The van der Waals surface area contributed by atoms with E-state index in [-0.39, 0.29) is 11.3 Å². The maximum atomic E-state index is 11.2. The molecule has 4 nitrogen and oxygen atoms in total. The molecule has 0 saturated heterocycles. The zero-order chi connectivity index (χ0) is 10.4. The highest BCUT2D eigenvalue weighted by Crippen LogP contribution is 2.65. The molecule has 0 radical (unpaired) electrons. The van der Waals surface area contributed by atoms with Gasteiger partial charge in [-0.15, -0.1) is 0 Å². The largest absolute Gasteiger partial charge is 0.479 e. The Bertz CT molecular complexity index is 294. The lowest BCUT2D eigenvalue weighted by Gasteiger charge is -2.18. The van der Waals surface area contributed by atoms with Crippen molar-refractivity contribution in [3.05, 3.63) is 0 Å². The van der Waals surface area contributed by atoms with Crippen LogP contribution in [0.2, 0.25) is 0 Å². The third-order valence-corrected chi connectivity index (χ3v) is 3.70. The number of carbonyl (C=O) groups excluding carboxylic acids is 1. The van der Waals surface area contributed by atoms with Gasteiger partial charge in [-0.3, -0.25) is 4.79 Å². The molecule has 78 valence electrons. The Morgan fingerprint density at radius 2 is 1.86 bits per heavy atom. The van der Waals surface area contributed by atoms with Gasteiger partial charge in [0.15, 0.2) is 0 Å². The fourth-order valence-corrected chi connectivity index (χ4v) is 2.95. The van der Waals surface area contributed by atoms with Gasteiger partial charge in [0.25, 0.3) is 0 Å². The summed E-state index contributed by atoms with van der Waals surface area (Å²) in [5, 5.41) is 11.8. The number of nitrogens with one attached hydrogen (secondary N) is 1. The highest BCUT2D eigenvalue weighted by molar-refractivity contribution is 5.90. The van der Waals surface area contributed by atoms with E-state index >= 15 is 0 Å². The van der Waals surface area contributed by atoms with Crippen LogP contribution in [0.15, 0.2) is 0 Å². The molecule has 0 aromatic rings. The highest BCUT2D eigenvalue weighted by Gasteiger charge is 2.73. The minimum absolute atomic E-state index is 0.121. The van der Waals surface area contributed by atoms with Gasteiger partial charge in [0, 0.05) is 12.3 Å². The van der Waals surface area contributed by atoms with Gasteiger partial charge in [0.2, 0.25) is 5.91 Å². The van der Waals surface area contributed by atoms with Gasteiger partial charge in [-0.05, 0) is 19.3 Å². The predicted octanol–water partition coefficient (Wildman–Crippen LogP) is 0.910. The first-order chi connectivity index (χ1) is 6.52. The SMILES string of the molecule is CC(=O)N[C@@]1(C(=O)O)CC12CCCC2. The molecule has 2 aliphatic rings. The van der Waals surface area contributed by atoms with Crippen molar-refractivity contribution in [3.8, 4) is 0 Å². The summed E-state index contributed by atoms with van der Waals surface area (Å²) >= 11 is 0. The quantitative estimate of drug-likeness (QED) is 0.691. The Balaban J connectivity index is 2.19. The Morgan fingerprint density at radius 3 is 2.29 bits per heavy atom. The summed E-state index contributed by atoms with van der Waals surface area (Å²) in [6.07, 6.45) is 4.69. The van der Waals surface area contributed by atoms with Gasteiger partial charge in [-0.25, -0.2) is 4.79 Å². The Hall–Kier alpha value is -1.06. The summed E-state index contributed by atoms with van der Waals surface area (Å²) in [6, 6.07) is 0. The van der Waals surface area contributed by atoms with E-state index in [1.807, 2.05) is 0 Å². The summed E-state index contributed by atoms with van der Waals surface area (Å²) in [5.74, 6) is -1.11. The maximum absolute atomic E-state index is 11.2. The lowest BCUT2D eigenvalue weighted by Crippen LogP contribution is -2.46. The van der Waals surface area contributed by atoms with E-state index in [1.54, 1.807) is 0 Å². The number of amides is 1. The molecular formula is C10H15NO3. The van der Waals surface area contributed by atoms with Crippen LogP contribution < -0.4 is 5.32 Å². The third-order valence-electron chi connectivity index (χ3n) is 3.70. The number of aliphatic carboxylic acids is 1. The standard InChI is InChI=1S/C10H15NO3/c1-7(12)11-10(8(13)14)6-9(10)4-2-3-5-9/h2-6H2,1H3,(H,11,12)(H,13,14)/t10-/m1/s1. The smallest absolute Gasteiger partial charge is 0.330 e. The van der Waals surface area contributed by atoms with Crippen molar-refractivity contribution >= 4 is 11.9 Å². The van der Waals surface area contributed by atoms with Gasteiger partial charge in [-0.1, -0.05) is 12.8 Å². The highest BCUT2D eigenvalue weighted by atomic mass is 16.4. The van der Waals surface area contributed by atoms with Crippen LogP contribution in [0, 0.1) is 5.41 Å². The normalized spacial score (nSPS) is 32.9.